The zero-order chi connectivity index (χ0) is 27.6. The monoisotopic (exact) mass is 537 g/mol. The van der Waals surface area contributed by atoms with Gasteiger partial charge in [0, 0.05) is 36.6 Å². The van der Waals surface area contributed by atoms with Crippen LogP contribution in [-0.4, -0.2) is 4.57 Å². The highest BCUT2D eigenvalue weighted by atomic mass is 32.1. The molecule has 0 unspecified atom stereocenters. The molecule has 0 aliphatic carbocycles. The predicted molar refractivity (Wildman–Crippen MR) is 176 cm³/mol. The Balaban J connectivity index is 1.31. The number of para-hydroxylation sites is 2. The van der Waals surface area contributed by atoms with Crippen LogP contribution in [0.5, 0.6) is 0 Å². The van der Waals surface area contributed by atoms with Crippen LogP contribution in [0, 0.1) is 0 Å². The number of aromatic nitrogens is 1. The van der Waals surface area contributed by atoms with Crippen LogP contribution in [0.3, 0.4) is 0 Å². The van der Waals surface area contributed by atoms with Crippen molar-refractivity contribution < 1.29 is 0 Å². The minimum absolute atomic E-state index is 0.0207. The minimum atomic E-state index is -0.0207. The van der Waals surface area contributed by atoms with Gasteiger partial charge in [0.05, 0.1) is 11.0 Å². The number of nitrogens with zero attached hydrogens (tertiary/aromatic N) is 1. The molecule has 7 aromatic rings. The molecule has 2 heteroatoms. The molecule has 198 valence electrons. The van der Waals surface area contributed by atoms with Crippen LogP contribution in [0.2, 0.25) is 0 Å². The Morgan fingerprint density at radius 2 is 1.30 bits per heavy atom. The van der Waals surface area contributed by atoms with E-state index in [4.69, 9.17) is 0 Å². The van der Waals surface area contributed by atoms with E-state index in [2.05, 4.69) is 148 Å². The van der Waals surface area contributed by atoms with E-state index in [1.165, 1.54) is 64.4 Å². The lowest BCUT2D eigenvalue weighted by Crippen LogP contribution is -2.20. The van der Waals surface area contributed by atoms with Gasteiger partial charge in [-0.3, -0.25) is 0 Å². The molecule has 0 spiro atoms. The second-order valence-electron chi connectivity index (χ2n) is 12.8. The summed E-state index contributed by atoms with van der Waals surface area (Å²) in [6.45, 7) is 11.7. The number of benzene rings is 5. The first kappa shape index (κ1) is 25.1. The van der Waals surface area contributed by atoms with Crippen molar-refractivity contribution in [2.24, 2.45) is 0 Å². The third-order valence-electron chi connectivity index (χ3n) is 8.49. The van der Waals surface area contributed by atoms with Gasteiger partial charge in [-0.15, -0.1) is 11.3 Å². The first-order valence-electron chi connectivity index (χ1n) is 14.2. The van der Waals surface area contributed by atoms with Gasteiger partial charge < -0.3 is 4.57 Å². The van der Waals surface area contributed by atoms with E-state index in [9.17, 15) is 0 Å². The van der Waals surface area contributed by atoms with Crippen LogP contribution < -0.4 is 0 Å². The summed E-state index contributed by atoms with van der Waals surface area (Å²) in [4.78, 5) is 0. The Morgan fingerprint density at radius 1 is 0.600 bits per heavy atom. The highest BCUT2D eigenvalue weighted by molar-refractivity contribution is 7.26. The summed E-state index contributed by atoms with van der Waals surface area (Å²) in [5.74, 6) is 0. The molecule has 0 fully saturated rings. The molecule has 2 aromatic heterocycles. The van der Waals surface area contributed by atoms with Crippen molar-refractivity contribution in [1.82, 2.24) is 4.57 Å². The fraction of sp³-hybridized carbons (Fsp3) is 0.211. The van der Waals surface area contributed by atoms with Crippen LogP contribution in [0.4, 0.5) is 0 Å². The molecule has 0 aliphatic heterocycles. The SMILES string of the molecule is CC(C)(C)c1cccc2c1sc1cc(CC(C)(C)c3ccc4c5ccccc5n(-c5ccccc5)c4c3)ccc12. The normalized spacial score (nSPS) is 12.7. The molecule has 2 heterocycles. The standard InChI is InChI=1S/C38H35NS/c1-37(2,3)32-16-11-15-31-30-20-18-25(22-35(30)40-36(31)32)24-38(4,5)26-19-21-29-28-14-9-10-17-33(28)39(34(29)23-26)27-12-7-6-8-13-27/h6-23H,24H2,1-5H3. The van der Waals surface area contributed by atoms with Crippen LogP contribution in [0.25, 0.3) is 47.7 Å². The van der Waals surface area contributed by atoms with Gasteiger partial charge in [-0.05, 0) is 64.3 Å². The maximum absolute atomic E-state index is 2.44. The number of rotatable bonds is 4. The van der Waals surface area contributed by atoms with E-state index in [-0.39, 0.29) is 10.8 Å². The first-order valence-corrected chi connectivity index (χ1v) is 15.1. The Morgan fingerprint density at radius 3 is 2.10 bits per heavy atom. The zero-order valence-corrected chi connectivity index (χ0v) is 24.8. The lowest BCUT2D eigenvalue weighted by molar-refractivity contribution is 0.523. The van der Waals surface area contributed by atoms with Gasteiger partial charge in [0.25, 0.3) is 0 Å². The van der Waals surface area contributed by atoms with E-state index in [1.54, 1.807) is 0 Å². The van der Waals surface area contributed by atoms with Crippen LogP contribution in [0.1, 0.15) is 51.3 Å². The molecule has 0 aliphatic rings. The Hall–Kier alpha value is -3.88. The van der Waals surface area contributed by atoms with E-state index in [1.807, 2.05) is 11.3 Å². The largest absolute Gasteiger partial charge is 0.309 e. The number of hydrogen-bond acceptors (Lipinski definition) is 1. The van der Waals surface area contributed by atoms with Crippen LogP contribution >= 0.6 is 11.3 Å². The summed E-state index contributed by atoms with van der Waals surface area (Å²) in [5, 5.41) is 5.37. The quantitative estimate of drug-likeness (QED) is 0.210. The average Bonchev–Trinajstić information content (AvgIpc) is 3.47. The molecule has 0 atom stereocenters. The van der Waals surface area contributed by atoms with E-state index >= 15 is 0 Å². The molecule has 0 bridgehead atoms. The molecule has 40 heavy (non-hydrogen) atoms. The summed E-state index contributed by atoms with van der Waals surface area (Å²) < 4.78 is 5.24. The third-order valence-corrected chi connectivity index (χ3v) is 9.69. The van der Waals surface area contributed by atoms with Crippen LogP contribution in [0.15, 0.2) is 109 Å². The van der Waals surface area contributed by atoms with E-state index in [0.29, 0.717) is 0 Å². The fourth-order valence-corrected chi connectivity index (χ4v) is 7.89. The number of fused-ring (bicyclic) bond motifs is 6. The number of hydrogen-bond donors (Lipinski definition) is 0. The predicted octanol–water partition coefficient (Wildman–Crippen LogP) is 11.0. The molecule has 0 radical (unpaired) electrons. The highest BCUT2D eigenvalue weighted by Gasteiger charge is 2.24. The molecule has 0 saturated carbocycles. The second-order valence-corrected chi connectivity index (χ2v) is 13.9. The minimum Gasteiger partial charge on any atom is -0.309 e. The average molecular weight is 538 g/mol. The Labute approximate surface area is 240 Å². The van der Waals surface area contributed by atoms with Gasteiger partial charge in [-0.25, -0.2) is 0 Å². The highest BCUT2D eigenvalue weighted by Crippen LogP contribution is 2.41. The lowest BCUT2D eigenvalue weighted by atomic mass is 9.79. The Bertz CT molecular complexity index is 2030. The van der Waals surface area contributed by atoms with Crippen molar-refractivity contribution in [3.63, 3.8) is 0 Å². The summed E-state index contributed by atoms with van der Waals surface area (Å²) in [5.41, 5.74) is 8.04. The summed E-state index contributed by atoms with van der Waals surface area (Å²) >= 11 is 1.95. The van der Waals surface area contributed by atoms with Crippen molar-refractivity contribution in [2.45, 2.75) is 51.9 Å². The maximum atomic E-state index is 2.44. The van der Waals surface area contributed by atoms with E-state index in [0.717, 1.165) is 6.42 Å². The molecular formula is C38H35NS. The lowest BCUT2D eigenvalue weighted by Gasteiger charge is -2.26. The first-order chi connectivity index (χ1) is 19.2. The van der Waals surface area contributed by atoms with Crippen molar-refractivity contribution in [3.05, 3.63) is 126 Å². The van der Waals surface area contributed by atoms with Gasteiger partial charge in [0.15, 0.2) is 0 Å². The molecular weight excluding hydrogens is 502 g/mol. The van der Waals surface area contributed by atoms with Crippen molar-refractivity contribution >= 4 is 53.3 Å². The van der Waals surface area contributed by atoms with Gasteiger partial charge in [-0.2, -0.15) is 0 Å². The molecule has 7 rings (SSSR count). The molecule has 0 saturated heterocycles. The van der Waals surface area contributed by atoms with Gasteiger partial charge in [0.2, 0.25) is 0 Å². The maximum Gasteiger partial charge on any atom is 0.0544 e. The van der Waals surface area contributed by atoms with Crippen LogP contribution in [-0.2, 0) is 17.3 Å². The molecule has 0 N–H and O–H groups in total. The molecule has 0 amide bonds. The summed E-state index contributed by atoms with van der Waals surface area (Å²) in [7, 11) is 0. The molecule has 5 aromatic carbocycles. The third kappa shape index (κ3) is 4.05. The number of thiophene rings is 1. The summed E-state index contributed by atoms with van der Waals surface area (Å²) in [6.07, 6.45) is 0.986. The fourth-order valence-electron chi connectivity index (χ4n) is 6.40. The topological polar surface area (TPSA) is 4.93 Å². The van der Waals surface area contributed by atoms with Crippen molar-refractivity contribution in [2.75, 3.05) is 0 Å². The molecule has 1 nitrogen and oxygen atoms in total. The van der Waals surface area contributed by atoms with Gasteiger partial charge in [-0.1, -0.05) is 113 Å². The van der Waals surface area contributed by atoms with Gasteiger partial charge >= 0.3 is 0 Å². The van der Waals surface area contributed by atoms with Crippen molar-refractivity contribution in [1.29, 1.82) is 0 Å². The van der Waals surface area contributed by atoms with Crippen molar-refractivity contribution in [3.8, 4) is 5.69 Å². The Kier molecular flexibility index (Phi) is 5.70. The smallest absolute Gasteiger partial charge is 0.0544 e. The zero-order valence-electron chi connectivity index (χ0n) is 24.0. The summed E-state index contributed by atoms with van der Waals surface area (Å²) in [6, 6.07) is 40.5. The van der Waals surface area contributed by atoms with E-state index < -0.39 is 0 Å². The van der Waals surface area contributed by atoms with Gasteiger partial charge in [0.1, 0.15) is 0 Å². The second kappa shape index (κ2) is 9.08.